The van der Waals surface area contributed by atoms with Crippen LogP contribution in [0, 0.1) is 0 Å². The molecule has 2 rings (SSSR count). The number of nitrogens with one attached hydrogen (secondary N) is 2. The lowest BCUT2D eigenvalue weighted by molar-refractivity contribution is 0.414. The van der Waals surface area contributed by atoms with E-state index < -0.39 is 10.0 Å². The second kappa shape index (κ2) is 12.0. The van der Waals surface area contributed by atoms with Crippen LogP contribution in [0.25, 0.3) is 0 Å². The van der Waals surface area contributed by atoms with Crippen LogP contribution in [0.2, 0.25) is 0 Å². The van der Waals surface area contributed by atoms with Gasteiger partial charge in [-0.3, -0.25) is 0 Å². The van der Waals surface area contributed by atoms with Crippen molar-refractivity contribution < 1.29 is 13.2 Å². The van der Waals surface area contributed by atoms with Crippen molar-refractivity contribution in [2.24, 2.45) is 4.99 Å². The van der Waals surface area contributed by atoms with Crippen LogP contribution in [0.3, 0.4) is 0 Å². The van der Waals surface area contributed by atoms with Gasteiger partial charge in [-0.25, -0.2) is 18.1 Å². The molecule has 7 nitrogen and oxygen atoms in total. The van der Waals surface area contributed by atoms with E-state index in [1.807, 2.05) is 49.2 Å². The Hall–Kier alpha value is -1.85. The summed E-state index contributed by atoms with van der Waals surface area (Å²) < 4.78 is 31.5. The predicted octanol–water partition coefficient (Wildman–Crippen LogP) is 2.82. The quantitative estimate of drug-likeness (QED) is 0.311. The highest BCUT2D eigenvalue weighted by atomic mass is 127. The molecule has 0 saturated heterocycles. The maximum Gasteiger partial charge on any atom is 0.240 e. The topological polar surface area (TPSA) is 83.0 Å². The van der Waals surface area contributed by atoms with Crippen LogP contribution in [0.1, 0.15) is 18.1 Å². The molecule has 0 saturated carbocycles. The van der Waals surface area contributed by atoms with E-state index in [0.717, 1.165) is 29.4 Å². The average Bonchev–Trinajstić information content (AvgIpc) is 2.71. The van der Waals surface area contributed by atoms with Crippen molar-refractivity contribution in [1.82, 2.24) is 14.9 Å². The fourth-order valence-corrected chi connectivity index (χ4v) is 3.44. The molecule has 0 bridgehead atoms. The molecule has 0 amide bonds. The highest BCUT2D eigenvalue weighted by molar-refractivity contribution is 14.0. The van der Waals surface area contributed by atoms with E-state index in [1.165, 1.54) is 7.05 Å². The highest BCUT2D eigenvalue weighted by Gasteiger charge is 2.12. The van der Waals surface area contributed by atoms with Gasteiger partial charge < -0.3 is 15.0 Å². The van der Waals surface area contributed by atoms with Crippen molar-refractivity contribution >= 4 is 40.0 Å². The normalized spacial score (nSPS) is 11.5. The Kier molecular flexibility index (Phi) is 10.4. The summed E-state index contributed by atoms with van der Waals surface area (Å²) in [5, 5.41) is 3.27. The first-order chi connectivity index (χ1) is 13.4. The standard InChI is InChI=1S/C20H28N4O3S.HI/c1-5-22-20(24(3)15-16-9-11-18(27-4)12-10-16)23-14-17-7-6-8-19(13-17)28(25,26)21-2;/h6-13,21H,5,14-15H2,1-4H3,(H,22,23);1H. The number of ether oxygens (including phenoxy) is 1. The Balaban J connectivity index is 0.00000420. The smallest absolute Gasteiger partial charge is 0.240 e. The van der Waals surface area contributed by atoms with E-state index >= 15 is 0 Å². The van der Waals surface area contributed by atoms with Crippen LogP contribution in [-0.4, -0.2) is 47.0 Å². The van der Waals surface area contributed by atoms with Gasteiger partial charge in [-0.2, -0.15) is 0 Å². The van der Waals surface area contributed by atoms with Crippen molar-refractivity contribution in [2.45, 2.75) is 24.9 Å². The first kappa shape index (κ1) is 25.2. The van der Waals surface area contributed by atoms with Crippen molar-refractivity contribution in [3.8, 4) is 5.75 Å². The number of nitrogens with zero attached hydrogens (tertiary/aromatic N) is 2. The van der Waals surface area contributed by atoms with Crippen molar-refractivity contribution in [2.75, 3.05) is 27.7 Å². The molecule has 0 aromatic heterocycles. The van der Waals surface area contributed by atoms with Gasteiger partial charge in [0.05, 0.1) is 18.6 Å². The summed E-state index contributed by atoms with van der Waals surface area (Å²) in [5.74, 6) is 1.57. The first-order valence-electron chi connectivity index (χ1n) is 9.04. The van der Waals surface area contributed by atoms with Gasteiger partial charge >= 0.3 is 0 Å². The summed E-state index contributed by atoms with van der Waals surface area (Å²) in [6, 6.07) is 14.7. The number of methoxy groups -OCH3 is 1. The summed E-state index contributed by atoms with van der Waals surface area (Å²) in [6.07, 6.45) is 0. The van der Waals surface area contributed by atoms with Gasteiger partial charge in [0, 0.05) is 20.1 Å². The fraction of sp³-hybridized carbons (Fsp3) is 0.350. The van der Waals surface area contributed by atoms with E-state index in [-0.39, 0.29) is 28.9 Å². The summed E-state index contributed by atoms with van der Waals surface area (Å²) >= 11 is 0. The molecule has 29 heavy (non-hydrogen) atoms. The maximum atomic E-state index is 12.0. The molecular formula is C20H29IN4O3S. The van der Waals surface area contributed by atoms with Gasteiger partial charge in [0.1, 0.15) is 5.75 Å². The number of aliphatic imine (C=N–C) groups is 1. The third kappa shape index (κ3) is 7.48. The zero-order valence-electron chi connectivity index (χ0n) is 17.2. The highest BCUT2D eigenvalue weighted by Crippen LogP contribution is 2.14. The van der Waals surface area contributed by atoms with Gasteiger partial charge in [0.25, 0.3) is 0 Å². The molecule has 0 spiro atoms. The van der Waals surface area contributed by atoms with Crippen LogP contribution in [0.4, 0.5) is 0 Å². The lowest BCUT2D eigenvalue weighted by Gasteiger charge is -2.22. The number of rotatable bonds is 8. The molecule has 0 atom stereocenters. The van der Waals surface area contributed by atoms with Gasteiger partial charge in [0.2, 0.25) is 10.0 Å². The van der Waals surface area contributed by atoms with Gasteiger partial charge in [-0.05, 0) is 49.4 Å². The Morgan fingerprint density at radius 2 is 1.83 bits per heavy atom. The molecule has 0 aliphatic rings. The van der Waals surface area contributed by atoms with Gasteiger partial charge in [-0.1, -0.05) is 24.3 Å². The summed E-state index contributed by atoms with van der Waals surface area (Å²) in [7, 11) is 1.55. The second-order valence-corrected chi connectivity index (χ2v) is 8.12. The van der Waals surface area contributed by atoms with E-state index in [1.54, 1.807) is 25.3 Å². The first-order valence-corrected chi connectivity index (χ1v) is 10.5. The lowest BCUT2D eigenvalue weighted by Crippen LogP contribution is -2.38. The van der Waals surface area contributed by atoms with Crippen LogP contribution in [-0.2, 0) is 23.1 Å². The van der Waals surface area contributed by atoms with Gasteiger partial charge in [-0.15, -0.1) is 24.0 Å². The van der Waals surface area contributed by atoms with Gasteiger partial charge in [0.15, 0.2) is 5.96 Å². The number of halogens is 1. The molecule has 0 radical (unpaired) electrons. The minimum absolute atomic E-state index is 0. The SMILES string of the molecule is CCNC(=NCc1cccc(S(=O)(=O)NC)c1)N(C)Cc1ccc(OC)cc1.I. The molecule has 2 N–H and O–H groups in total. The largest absolute Gasteiger partial charge is 0.497 e. The van der Waals surface area contributed by atoms with Crippen molar-refractivity contribution in [3.63, 3.8) is 0 Å². The Labute approximate surface area is 190 Å². The maximum absolute atomic E-state index is 12.0. The number of hydrogen-bond donors (Lipinski definition) is 2. The Bertz CT molecular complexity index is 902. The molecule has 0 aliphatic heterocycles. The zero-order chi connectivity index (χ0) is 20.6. The molecule has 160 valence electrons. The fourth-order valence-electron chi connectivity index (χ4n) is 2.64. The summed E-state index contributed by atoms with van der Waals surface area (Å²) in [5.41, 5.74) is 1.96. The average molecular weight is 532 g/mol. The molecule has 0 fully saturated rings. The molecule has 0 heterocycles. The van der Waals surface area contributed by atoms with E-state index in [0.29, 0.717) is 13.1 Å². The Morgan fingerprint density at radius 1 is 1.14 bits per heavy atom. The molecule has 0 unspecified atom stereocenters. The summed E-state index contributed by atoms with van der Waals surface area (Å²) in [4.78, 5) is 6.92. The van der Waals surface area contributed by atoms with Crippen molar-refractivity contribution in [3.05, 3.63) is 59.7 Å². The predicted molar refractivity (Wildman–Crippen MR) is 127 cm³/mol. The van der Waals surface area contributed by atoms with E-state index in [2.05, 4.69) is 15.0 Å². The van der Waals surface area contributed by atoms with E-state index in [4.69, 9.17) is 4.74 Å². The number of sulfonamides is 1. The third-order valence-corrected chi connectivity index (χ3v) is 5.58. The minimum Gasteiger partial charge on any atom is -0.497 e. The van der Waals surface area contributed by atoms with Crippen molar-refractivity contribution in [1.29, 1.82) is 0 Å². The monoisotopic (exact) mass is 532 g/mol. The number of guanidine groups is 1. The lowest BCUT2D eigenvalue weighted by atomic mass is 10.2. The van der Waals surface area contributed by atoms with Crippen LogP contribution >= 0.6 is 24.0 Å². The molecule has 0 aliphatic carbocycles. The summed E-state index contributed by atoms with van der Waals surface area (Å²) in [6.45, 7) is 3.81. The minimum atomic E-state index is -3.47. The number of benzene rings is 2. The molecular weight excluding hydrogens is 503 g/mol. The van der Waals surface area contributed by atoms with Crippen LogP contribution in [0.5, 0.6) is 5.75 Å². The van der Waals surface area contributed by atoms with Crippen LogP contribution in [0.15, 0.2) is 58.4 Å². The second-order valence-electron chi connectivity index (χ2n) is 6.23. The molecule has 2 aromatic carbocycles. The van der Waals surface area contributed by atoms with E-state index in [9.17, 15) is 8.42 Å². The zero-order valence-corrected chi connectivity index (χ0v) is 20.3. The molecule has 9 heteroatoms. The van der Waals surface area contributed by atoms with Crippen LogP contribution < -0.4 is 14.8 Å². The molecule has 2 aromatic rings. The third-order valence-electron chi connectivity index (χ3n) is 4.16. The Morgan fingerprint density at radius 3 is 2.41 bits per heavy atom. The number of hydrogen-bond acceptors (Lipinski definition) is 4.